The van der Waals surface area contributed by atoms with E-state index in [9.17, 15) is 4.79 Å². The Labute approximate surface area is 182 Å². The average molecular weight is 425 g/mol. The number of thioether (sulfide) groups is 1. The zero-order chi connectivity index (χ0) is 21.7. The number of carbonyl (C=O) groups is 1. The highest BCUT2D eigenvalue weighted by molar-refractivity contribution is 8.00. The van der Waals surface area contributed by atoms with E-state index in [0.29, 0.717) is 17.5 Å². The van der Waals surface area contributed by atoms with E-state index >= 15 is 0 Å². The smallest absolute Gasteiger partial charge is 0.236 e. The highest BCUT2D eigenvalue weighted by atomic mass is 32.2. The van der Waals surface area contributed by atoms with E-state index in [1.54, 1.807) is 7.11 Å². The Balaban J connectivity index is 1.71. The number of aromatic amines is 1. The number of hydrogen-bond donors (Lipinski definition) is 1. The molecule has 6 nitrogen and oxygen atoms in total. The summed E-state index contributed by atoms with van der Waals surface area (Å²) in [6.45, 7) is 8.64. The minimum atomic E-state index is -0.313. The maximum absolute atomic E-state index is 13.3. The van der Waals surface area contributed by atoms with Gasteiger partial charge in [0.1, 0.15) is 5.75 Å². The largest absolute Gasteiger partial charge is 0.497 e. The summed E-state index contributed by atoms with van der Waals surface area (Å²) in [5.74, 6) is 1.51. The van der Waals surface area contributed by atoms with E-state index in [1.165, 1.54) is 11.8 Å². The molecule has 0 saturated carbocycles. The number of rotatable bonds is 7. The van der Waals surface area contributed by atoms with Crippen LogP contribution in [0.2, 0.25) is 0 Å². The fourth-order valence-corrected chi connectivity index (χ4v) is 3.80. The van der Waals surface area contributed by atoms with Crippen molar-refractivity contribution in [3.63, 3.8) is 0 Å². The second kappa shape index (κ2) is 9.34. The van der Waals surface area contributed by atoms with Crippen molar-refractivity contribution in [1.29, 1.82) is 0 Å². The molecule has 7 heteroatoms. The number of ether oxygens (including phenoxy) is 1. The Hall–Kier alpha value is -2.80. The molecule has 0 aliphatic heterocycles. The Morgan fingerprint density at radius 3 is 2.40 bits per heavy atom. The van der Waals surface area contributed by atoms with Gasteiger partial charge in [0.25, 0.3) is 0 Å². The molecular formula is C23H28N4O2S. The third kappa shape index (κ3) is 5.42. The first kappa shape index (κ1) is 21.9. The summed E-state index contributed by atoms with van der Waals surface area (Å²) in [7, 11) is 1.63. The van der Waals surface area contributed by atoms with Gasteiger partial charge >= 0.3 is 0 Å². The van der Waals surface area contributed by atoms with Crippen LogP contribution < -0.4 is 4.74 Å². The Morgan fingerprint density at radius 1 is 1.13 bits per heavy atom. The molecular weight excluding hydrogens is 396 g/mol. The Bertz CT molecular complexity index is 965. The first-order valence-electron chi connectivity index (χ1n) is 9.87. The molecule has 0 fully saturated rings. The summed E-state index contributed by atoms with van der Waals surface area (Å²) >= 11 is 1.36. The highest BCUT2D eigenvalue weighted by Crippen LogP contribution is 2.27. The van der Waals surface area contributed by atoms with E-state index < -0.39 is 0 Å². The van der Waals surface area contributed by atoms with Crippen LogP contribution in [0.1, 0.15) is 33.3 Å². The lowest BCUT2D eigenvalue weighted by molar-refractivity contribution is -0.135. The quantitative estimate of drug-likeness (QED) is 0.552. The van der Waals surface area contributed by atoms with E-state index in [0.717, 1.165) is 16.9 Å². The molecule has 0 unspecified atom stereocenters. The van der Waals surface area contributed by atoms with Gasteiger partial charge in [-0.25, -0.2) is 4.98 Å². The maximum Gasteiger partial charge on any atom is 0.236 e. The third-order valence-electron chi connectivity index (χ3n) is 4.72. The molecule has 0 aliphatic rings. The van der Waals surface area contributed by atoms with Gasteiger partial charge in [-0.15, -0.1) is 5.10 Å². The molecule has 1 heterocycles. The number of benzene rings is 2. The highest BCUT2D eigenvalue weighted by Gasteiger charge is 2.31. The molecule has 3 aromatic rings. The molecule has 158 valence electrons. The molecule has 30 heavy (non-hydrogen) atoms. The van der Waals surface area contributed by atoms with E-state index in [4.69, 9.17) is 4.74 Å². The van der Waals surface area contributed by atoms with Gasteiger partial charge in [0, 0.05) is 17.6 Å². The van der Waals surface area contributed by atoms with E-state index in [1.807, 2.05) is 66.4 Å². The Kier molecular flexibility index (Phi) is 6.82. The maximum atomic E-state index is 13.3. The second-order valence-electron chi connectivity index (χ2n) is 8.04. The van der Waals surface area contributed by atoms with Gasteiger partial charge in [-0.1, -0.05) is 42.1 Å². The first-order chi connectivity index (χ1) is 14.3. The third-order valence-corrected chi connectivity index (χ3v) is 5.67. The van der Waals surface area contributed by atoms with Crippen LogP contribution in [-0.2, 0) is 11.3 Å². The molecule has 1 aromatic heterocycles. The molecule has 1 N–H and O–H groups in total. The molecule has 0 aliphatic carbocycles. The molecule has 1 amide bonds. The number of methoxy groups -OCH3 is 1. The van der Waals surface area contributed by atoms with Crippen LogP contribution >= 0.6 is 11.8 Å². The summed E-state index contributed by atoms with van der Waals surface area (Å²) in [4.78, 5) is 19.7. The lowest BCUT2D eigenvalue weighted by atomic mass is 10.0. The van der Waals surface area contributed by atoms with Crippen LogP contribution in [0.5, 0.6) is 5.75 Å². The normalized spacial score (nSPS) is 12.4. The summed E-state index contributed by atoms with van der Waals surface area (Å²) in [6.07, 6.45) is 0. The number of nitrogens with one attached hydrogen (secondary N) is 1. The van der Waals surface area contributed by atoms with Crippen LogP contribution in [0, 0.1) is 0 Å². The van der Waals surface area contributed by atoms with Gasteiger partial charge in [0.2, 0.25) is 11.1 Å². The number of aromatic nitrogens is 3. The van der Waals surface area contributed by atoms with Gasteiger partial charge < -0.3 is 9.64 Å². The van der Waals surface area contributed by atoms with Gasteiger partial charge in [-0.2, -0.15) is 0 Å². The standard InChI is InChI=1S/C23H28N4O2S/c1-16(21(28)27(23(2,3)4)15-17-9-7-6-8-10-17)30-22-24-20(25-26-22)18-11-13-19(29-5)14-12-18/h6-14,16H,15H2,1-5H3,(H,24,25,26)/t16-/m1/s1. The van der Waals surface area contributed by atoms with Gasteiger partial charge in [0.15, 0.2) is 5.82 Å². The van der Waals surface area contributed by atoms with Crippen molar-refractivity contribution in [2.24, 2.45) is 0 Å². The van der Waals surface area contributed by atoms with E-state index in [2.05, 4.69) is 36.0 Å². The SMILES string of the molecule is COc1ccc(-c2nc(S[C@H](C)C(=O)N(Cc3ccccc3)C(C)(C)C)n[nH]2)cc1. The zero-order valence-corrected chi connectivity index (χ0v) is 18.9. The predicted octanol–water partition coefficient (Wildman–Crippen LogP) is 4.79. The van der Waals surface area contributed by atoms with Crippen molar-refractivity contribution in [2.75, 3.05) is 7.11 Å². The number of hydrogen-bond acceptors (Lipinski definition) is 5. The molecule has 2 aromatic carbocycles. The van der Waals surface area contributed by atoms with Gasteiger partial charge in [0.05, 0.1) is 12.4 Å². The molecule has 0 saturated heterocycles. The molecule has 3 rings (SSSR count). The van der Waals surface area contributed by atoms with Crippen molar-refractivity contribution in [1.82, 2.24) is 20.1 Å². The molecule has 0 bridgehead atoms. The fraction of sp³-hybridized carbons (Fsp3) is 0.348. The molecule has 0 radical (unpaired) electrons. The number of carbonyl (C=O) groups excluding carboxylic acids is 1. The van der Waals surface area contributed by atoms with Crippen molar-refractivity contribution in [2.45, 2.75) is 50.2 Å². The fourth-order valence-electron chi connectivity index (χ4n) is 3.02. The first-order valence-corrected chi connectivity index (χ1v) is 10.7. The average Bonchev–Trinajstić information content (AvgIpc) is 3.20. The van der Waals surface area contributed by atoms with Crippen molar-refractivity contribution < 1.29 is 9.53 Å². The number of nitrogens with zero attached hydrogens (tertiary/aromatic N) is 3. The van der Waals surface area contributed by atoms with E-state index in [-0.39, 0.29) is 16.7 Å². The lowest BCUT2D eigenvalue weighted by Crippen LogP contribution is -2.48. The van der Waals surface area contributed by atoms with Crippen LogP contribution in [0.4, 0.5) is 0 Å². The van der Waals surface area contributed by atoms with Crippen LogP contribution in [0.3, 0.4) is 0 Å². The zero-order valence-electron chi connectivity index (χ0n) is 18.0. The number of amides is 1. The summed E-state index contributed by atoms with van der Waals surface area (Å²) in [6, 6.07) is 17.6. The second-order valence-corrected chi connectivity index (χ2v) is 9.34. The minimum Gasteiger partial charge on any atom is -0.497 e. The molecule has 1 atom stereocenters. The summed E-state index contributed by atoms with van der Waals surface area (Å²) in [5.41, 5.74) is 1.72. The molecule has 0 spiro atoms. The minimum absolute atomic E-state index is 0.0622. The van der Waals surface area contributed by atoms with Crippen LogP contribution in [-0.4, -0.2) is 43.9 Å². The van der Waals surface area contributed by atoms with Crippen molar-refractivity contribution in [3.05, 3.63) is 60.2 Å². The number of H-pyrrole nitrogens is 1. The van der Waals surface area contributed by atoms with Crippen molar-refractivity contribution in [3.8, 4) is 17.1 Å². The van der Waals surface area contributed by atoms with Crippen LogP contribution in [0.25, 0.3) is 11.4 Å². The van der Waals surface area contributed by atoms with Crippen molar-refractivity contribution >= 4 is 17.7 Å². The Morgan fingerprint density at radius 2 is 1.80 bits per heavy atom. The topological polar surface area (TPSA) is 71.1 Å². The van der Waals surface area contributed by atoms with Gasteiger partial charge in [-0.3, -0.25) is 9.89 Å². The van der Waals surface area contributed by atoms with Gasteiger partial charge in [-0.05, 0) is 57.5 Å². The lowest BCUT2D eigenvalue weighted by Gasteiger charge is -2.37. The predicted molar refractivity (Wildman–Crippen MR) is 120 cm³/mol. The summed E-state index contributed by atoms with van der Waals surface area (Å²) in [5, 5.41) is 7.48. The monoisotopic (exact) mass is 424 g/mol. The summed E-state index contributed by atoms with van der Waals surface area (Å²) < 4.78 is 5.19. The van der Waals surface area contributed by atoms with Crippen LogP contribution in [0.15, 0.2) is 59.8 Å².